The second-order valence-electron chi connectivity index (χ2n) is 6.08. The van der Waals surface area contributed by atoms with E-state index in [4.69, 9.17) is 9.47 Å². The second kappa shape index (κ2) is 7.22. The maximum atomic E-state index is 6.35. The smallest absolute Gasteiger partial charge is 0.153 e. The third-order valence-corrected chi connectivity index (χ3v) is 5.65. The van der Waals surface area contributed by atoms with Gasteiger partial charge in [-0.25, -0.2) is 0 Å². The normalized spacial score (nSPS) is 10.8. The van der Waals surface area contributed by atoms with E-state index in [1.807, 2.05) is 24.3 Å². The number of fused-ring (bicyclic) bond motifs is 1. The van der Waals surface area contributed by atoms with Crippen molar-refractivity contribution < 1.29 is 9.47 Å². The van der Waals surface area contributed by atoms with Crippen LogP contribution in [0.3, 0.4) is 0 Å². The summed E-state index contributed by atoms with van der Waals surface area (Å²) in [5, 5.41) is 1.14. The Kier molecular flexibility index (Phi) is 4.63. The lowest BCUT2D eigenvalue weighted by molar-refractivity contribution is 0.415. The molecule has 0 amide bonds. The lowest BCUT2D eigenvalue weighted by Gasteiger charge is -2.09. The predicted octanol–water partition coefficient (Wildman–Crippen LogP) is 6.93. The van der Waals surface area contributed by atoms with Crippen LogP contribution in [-0.2, 0) is 6.42 Å². The molecule has 0 unspecified atom stereocenters. The predicted molar refractivity (Wildman–Crippen MR) is 110 cm³/mol. The Hall–Kier alpha value is -2.78. The highest BCUT2D eigenvalue weighted by molar-refractivity contribution is 7.22. The number of hydrogen-bond donors (Lipinski definition) is 0. The Balaban J connectivity index is 1.80. The van der Waals surface area contributed by atoms with Gasteiger partial charge in [-0.05, 0) is 66.1 Å². The van der Waals surface area contributed by atoms with Crippen LogP contribution in [-0.4, -0.2) is 7.11 Å². The van der Waals surface area contributed by atoms with Crippen molar-refractivity contribution in [2.75, 3.05) is 7.11 Å². The molecule has 0 N–H and O–H groups in total. The van der Waals surface area contributed by atoms with Gasteiger partial charge in [-0.1, -0.05) is 31.2 Å². The summed E-state index contributed by atoms with van der Waals surface area (Å²) < 4.78 is 12.9. The Morgan fingerprint density at radius 2 is 1.50 bits per heavy atom. The number of hydrogen-bond acceptors (Lipinski definition) is 3. The molecule has 0 spiro atoms. The van der Waals surface area contributed by atoms with Crippen LogP contribution in [0.25, 0.3) is 20.5 Å². The summed E-state index contributed by atoms with van der Waals surface area (Å²) in [7, 11) is 1.68. The van der Waals surface area contributed by atoms with E-state index < -0.39 is 0 Å². The Morgan fingerprint density at radius 3 is 2.19 bits per heavy atom. The van der Waals surface area contributed by atoms with Crippen LogP contribution < -0.4 is 9.47 Å². The van der Waals surface area contributed by atoms with Gasteiger partial charge in [0.25, 0.3) is 0 Å². The van der Waals surface area contributed by atoms with E-state index in [1.165, 1.54) is 10.3 Å². The number of methoxy groups -OCH3 is 1. The molecule has 4 rings (SSSR count). The fraction of sp³-hybridized carbons (Fsp3) is 0.130. The minimum absolute atomic E-state index is 0.854. The van der Waals surface area contributed by atoms with Crippen molar-refractivity contribution in [3.05, 3.63) is 78.4 Å². The van der Waals surface area contributed by atoms with Gasteiger partial charge in [0.05, 0.1) is 12.0 Å². The number of rotatable bonds is 5. The topological polar surface area (TPSA) is 18.5 Å². The van der Waals surface area contributed by atoms with E-state index in [2.05, 4.69) is 55.5 Å². The highest BCUT2D eigenvalue weighted by atomic mass is 32.1. The molecule has 0 atom stereocenters. The Morgan fingerprint density at radius 1 is 0.808 bits per heavy atom. The molecule has 0 saturated carbocycles. The third kappa shape index (κ3) is 3.18. The molecular weight excluding hydrogens is 340 g/mol. The maximum Gasteiger partial charge on any atom is 0.153 e. The average Bonchev–Trinajstić information content (AvgIpc) is 3.07. The van der Waals surface area contributed by atoms with Crippen molar-refractivity contribution in [1.29, 1.82) is 0 Å². The molecule has 0 aliphatic carbocycles. The van der Waals surface area contributed by atoms with Gasteiger partial charge in [0, 0.05) is 10.1 Å². The summed E-state index contributed by atoms with van der Waals surface area (Å²) in [6.07, 6.45) is 1.03. The zero-order chi connectivity index (χ0) is 17.9. The highest BCUT2D eigenvalue weighted by Gasteiger charge is 2.16. The molecule has 2 nitrogen and oxygen atoms in total. The van der Waals surface area contributed by atoms with Crippen LogP contribution in [0.5, 0.6) is 17.2 Å². The lowest BCUT2D eigenvalue weighted by atomic mass is 10.1. The molecule has 3 heteroatoms. The SMILES string of the molecule is CCc1ccc(Oc2c(-c3ccc(OC)cc3)sc3ccccc23)cc1. The molecule has 0 aliphatic heterocycles. The summed E-state index contributed by atoms with van der Waals surface area (Å²) in [4.78, 5) is 1.13. The third-order valence-electron chi connectivity index (χ3n) is 4.45. The van der Waals surface area contributed by atoms with Crippen molar-refractivity contribution >= 4 is 21.4 Å². The Labute approximate surface area is 157 Å². The zero-order valence-electron chi connectivity index (χ0n) is 14.9. The number of thiophene rings is 1. The number of benzene rings is 3. The molecule has 3 aromatic carbocycles. The summed E-state index contributed by atoms with van der Waals surface area (Å²) in [6.45, 7) is 2.16. The monoisotopic (exact) mass is 360 g/mol. The van der Waals surface area contributed by atoms with Gasteiger partial charge in [0.1, 0.15) is 11.5 Å². The van der Waals surface area contributed by atoms with Crippen LogP contribution in [0.15, 0.2) is 72.8 Å². The van der Waals surface area contributed by atoms with Gasteiger partial charge >= 0.3 is 0 Å². The summed E-state index contributed by atoms with van der Waals surface area (Å²) in [5.74, 6) is 2.63. The van der Waals surface area contributed by atoms with Crippen molar-refractivity contribution in [3.63, 3.8) is 0 Å². The maximum absolute atomic E-state index is 6.35. The average molecular weight is 360 g/mol. The fourth-order valence-corrected chi connectivity index (χ4v) is 4.10. The second-order valence-corrected chi connectivity index (χ2v) is 7.14. The minimum Gasteiger partial charge on any atom is -0.497 e. The van der Waals surface area contributed by atoms with Gasteiger partial charge in [-0.2, -0.15) is 0 Å². The molecule has 26 heavy (non-hydrogen) atoms. The van der Waals surface area contributed by atoms with E-state index in [-0.39, 0.29) is 0 Å². The fourth-order valence-electron chi connectivity index (χ4n) is 2.97. The molecule has 1 heterocycles. The van der Waals surface area contributed by atoms with Crippen LogP contribution in [0.2, 0.25) is 0 Å². The van der Waals surface area contributed by atoms with Crippen molar-refractivity contribution in [3.8, 4) is 27.7 Å². The first-order valence-electron chi connectivity index (χ1n) is 8.71. The number of ether oxygens (including phenoxy) is 2. The number of aryl methyl sites for hydroxylation is 1. The highest BCUT2D eigenvalue weighted by Crippen LogP contribution is 2.46. The van der Waals surface area contributed by atoms with Crippen molar-refractivity contribution in [1.82, 2.24) is 0 Å². The van der Waals surface area contributed by atoms with E-state index in [0.717, 1.165) is 39.5 Å². The van der Waals surface area contributed by atoms with Crippen LogP contribution in [0.4, 0.5) is 0 Å². The van der Waals surface area contributed by atoms with Crippen molar-refractivity contribution in [2.24, 2.45) is 0 Å². The molecule has 0 bridgehead atoms. The minimum atomic E-state index is 0.854. The first-order valence-corrected chi connectivity index (χ1v) is 9.53. The molecule has 0 aliphatic rings. The summed E-state index contributed by atoms with van der Waals surface area (Å²) in [5.41, 5.74) is 2.44. The standard InChI is InChI=1S/C23H20O2S/c1-3-16-8-12-19(13-9-16)25-22-20-6-4-5-7-21(20)26-23(22)17-10-14-18(24-2)15-11-17/h4-15H,3H2,1-2H3. The molecule has 0 radical (unpaired) electrons. The first-order chi connectivity index (χ1) is 12.8. The summed E-state index contributed by atoms with van der Waals surface area (Å²) in [6, 6.07) is 24.8. The molecule has 1 aromatic heterocycles. The van der Waals surface area contributed by atoms with E-state index in [0.29, 0.717) is 0 Å². The van der Waals surface area contributed by atoms with Crippen LogP contribution >= 0.6 is 11.3 Å². The largest absolute Gasteiger partial charge is 0.497 e. The summed E-state index contributed by atoms with van der Waals surface area (Å²) >= 11 is 1.75. The Bertz CT molecular complexity index is 1010. The molecular formula is C23H20O2S. The van der Waals surface area contributed by atoms with E-state index >= 15 is 0 Å². The molecule has 0 fully saturated rings. The van der Waals surface area contributed by atoms with Gasteiger partial charge < -0.3 is 9.47 Å². The van der Waals surface area contributed by atoms with Gasteiger partial charge in [-0.15, -0.1) is 11.3 Å². The van der Waals surface area contributed by atoms with Crippen molar-refractivity contribution in [2.45, 2.75) is 13.3 Å². The molecule has 0 saturated heterocycles. The van der Waals surface area contributed by atoms with E-state index in [1.54, 1.807) is 18.4 Å². The van der Waals surface area contributed by atoms with Gasteiger partial charge in [0.15, 0.2) is 5.75 Å². The zero-order valence-corrected chi connectivity index (χ0v) is 15.7. The van der Waals surface area contributed by atoms with Crippen LogP contribution in [0, 0.1) is 0 Å². The van der Waals surface area contributed by atoms with Gasteiger partial charge in [0.2, 0.25) is 0 Å². The quantitative estimate of drug-likeness (QED) is 0.384. The van der Waals surface area contributed by atoms with Crippen LogP contribution in [0.1, 0.15) is 12.5 Å². The lowest BCUT2D eigenvalue weighted by Crippen LogP contribution is -1.87. The molecule has 130 valence electrons. The van der Waals surface area contributed by atoms with E-state index in [9.17, 15) is 0 Å². The van der Waals surface area contributed by atoms with Gasteiger partial charge in [-0.3, -0.25) is 0 Å². The first kappa shape index (κ1) is 16.7. The molecule has 4 aromatic rings.